The number of H-pyrrole nitrogens is 1. The van der Waals surface area contributed by atoms with Crippen LogP contribution in [0.15, 0.2) is 82.8 Å². The summed E-state index contributed by atoms with van der Waals surface area (Å²) in [5, 5.41) is 16.9. The summed E-state index contributed by atoms with van der Waals surface area (Å²) in [6, 6.07) is 19.0. The van der Waals surface area contributed by atoms with Crippen molar-refractivity contribution in [3.63, 3.8) is 0 Å². The Morgan fingerprint density at radius 3 is 2.44 bits per heavy atom. The van der Waals surface area contributed by atoms with Gasteiger partial charge in [0.05, 0.1) is 6.54 Å². The number of carboxylic acid groups (broad SMARTS) is 2. The van der Waals surface area contributed by atoms with E-state index in [1.165, 1.54) is 33.7 Å². The van der Waals surface area contributed by atoms with Crippen LogP contribution in [0.2, 0.25) is 0 Å². The summed E-state index contributed by atoms with van der Waals surface area (Å²) in [7, 11) is 0. The summed E-state index contributed by atoms with van der Waals surface area (Å²) >= 11 is 1.88. The Bertz CT molecular complexity index is 1090. The Balaban J connectivity index is 0.000000312. The van der Waals surface area contributed by atoms with Crippen molar-refractivity contribution in [3.05, 3.63) is 72.9 Å². The summed E-state index contributed by atoms with van der Waals surface area (Å²) in [4.78, 5) is 31.0. The molecule has 1 aliphatic rings. The number of hydrogen-bond acceptors (Lipinski definition) is 4. The van der Waals surface area contributed by atoms with E-state index >= 15 is 0 Å². The molecule has 0 amide bonds. The van der Waals surface area contributed by atoms with Crippen molar-refractivity contribution in [2.24, 2.45) is 4.99 Å². The van der Waals surface area contributed by atoms with E-state index in [4.69, 9.17) is 15.2 Å². The van der Waals surface area contributed by atoms with Crippen LogP contribution in [-0.2, 0) is 9.59 Å². The van der Waals surface area contributed by atoms with Crippen LogP contribution < -0.4 is 4.90 Å². The summed E-state index contributed by atoms with van der Waals surface area (Å²) in [5.74, 6) is -0.269. The minimum Gasteiger partial charge on any atom is -0.478 e. The number of benzene rings is 2. The molecule has 166 valence electrons. The Morgan fingerprint density at radius 2 is 1.72 bits per heavy atom. The Labute approximate surface area is 190 Å². The first kappa shape index (κ1) is 23.1. The fourth-order valence-corrected chi connectivity index (χ4v) is 4.23. The van der Waals surface area contributed by atoms with Crippen molar-refractivity contribution in [2.75, 3.05) is 23.7 Å². The Hall–Kier alpha value is -3.52. The van der Waals surface area contributed by atoms with Crippen LogP contribution in [0.3, 0.4) is 0 Å². The molecule has 2 heterocycles. The molecule has 0 spiro atoms. The molecule has 0 aliphatic carbocycles. The van der Waals surface area contributed by atoms with Gasteiger partial charge in [-0.1, -0.05) is 36.4 Å². The van der Waals surface area contributed by atoms with Crippen LogP contribution in [0.1, 0.15) is 12.8 Å². The molecule has 3 N–H and O–H groups in total. The number of para-hydroxylation sites is 2. The second-order valence-corrected chi connectivity index (χ2v) is 8.08. The number of aromatic amines is 1. The van der Waals surface area contributed by atoms with Gasteiger partial charge in [-0.25, -0.2) is 9.59 Å². The lowest BCUT2D eigenvalue weighted by Crippen LogP contribution is -2.24. The van der Waals surface area contributed by atoms with Crippen molar-refractivity contribution < 1.29 is 19.8 Å². The average molecular weight is 452 g/mol. The van der Waals surface area contributed by atoms with E-state index in [0.717, 1.165) is 25.3 Å². The van der Waals surface area contributed by atoms with E-state index in [1.807, 2.05) is 11.8 Å². The van der Waals surface area contributed by atoms with Gasteiger partial charge in [0.25, 0.3) is 0 Å². The third-order valence-corrected chi connectivity index (χ3v) is 5.76. The number of carboxylic acids is 2. The monoisotopic (exact) mass is 451 g/mol. The number of nitrogens with zero attached hydrogens (tertiary/aromatic N) is 2. The van der Waals surface area contributed by atoms with Gasteiger partial charge in [0.2, 0.25) is 0 Å². The zero-order valence-corrected chi connectivity index (χ0v) is 18.3. The Morgan fingerprint density at radius 1 is 1.03 bits per heavy atom. The minimum absolute atomic E-state index is 0.558. The molecule has 0 saturated carbocycles. The predicted octanol–water partition coefficient (Wildman–Crippen LogP) is 4.67. The predicted molar refractivity (Wildman–Crippen MR) is 129 cm³/mol. The van der Waals surface area contributed by atoms with Gasteiger partial charge >= 0.3 is 11.9 Å². The fraction of sp³-hybridized carbons (Fsp3) is 0.208. The lowest BCUT2D eigenvalue weighted by atomic mass is 10.2. The van der Waals surface area contributed by atoms with Gasteiger partial charge in [-0.15, -0.1) is 11.8 Å². The number of thioether (sulfide) groups is 1. The molecule has 3 aromatic rings. The molecule has 0 atom stereocenters. The highest BCUT2D eigenvalue weighted by Gasteiger charge is 2.19. The molecule has 32 heavy (non-hydrogen) atoms. The van der Waals surface area contributed by atoms with Crippen LogP contribution in [0.4, 0.5) is 5.69 Å². The van der Waals surface area contributed by atoms with Crippen LogP contribution in [0.25, 0.3) is 10.9 Å². The number of rotatable bonds is 7. The van der Waals surface area contributed by atoms with Crippen LogP contribution in [0.5, 0.6) is 0 Å². The molecule has 0 radical (unpaired) electrons. The summed E-state index contributed by atoms with van der Waals surface area (Å²) in [5.41, 5.74) is 2.47. The number of aliphatic carboxylic acids is 2. The highest BCUT2D eigenvalue weighted by atomic mass is 32.2. The molecule has 7 nitrogen and oxygen atoms in total. The lowest BCUT2D eigenvalue weighted by Gasteiger charge is -2.18. The average Bonchev–Trinajstić information content (AvgIpc) is 3.43. The van der Waals surface area contributed by atoms with Crippen molar-refractivity contribution in [1.82, 2.24) is 4.98 Å². The molecule has 8 heteroatoms. The van der Waals surface area contributed by atoms with Gasteiger partial charge in [-0.05, 0) is 24.6 Å². The number of hydrogen-bond donors (Lipinski definition) is 3. The van der Waals surface area contributed by atoms with Crippen LogP contribution in [-0.4, -0.2) is 51.8 Å². The van der Waals surface area contributed by atoms with Gasteiger partial charge in [0.1, 0.15) is 5.84 Å². The molecule has 2 aromatic carbocycles. The number of amidine groups is 1. The van der Waals surface area contributed by atoms with Gasteiger partial charge in [0, 0.05) is 58.6 Å². The van der Waals surface area contributed by atoms with E-state index in [9.17, 15) is 9.59 Å². The maximum Gasteiger partial charge on any atom is 0.328 e. The number of carbonyl (C=O) groups is 2. The molecular formula is C24H25N3O4S. The number of aliphatic imine (C=N–C) groups is 1. The van der Waals surface area contributed by atoms with E-state index in [1.54, 1.807) is 0 Å². The SMILES string of the molecule is O=C(O)/C=C/C(=O)O.c1ccc(N2CCC/C2=N\CCSc2c[nH]c3ccccc23)cc1. The van der Waals surface area contributed by atoms with Gasteiger partial charge in [0.15, 0.2) is 0 Å². The standard InChI is InChI=1S/C20H21N3S.C4H4O4/c1-2-7-16(8-3-1)23-13-6-11-20(23)21-12-14-24-19-15-22-18-10-5-4-9-17(18)19;5-3(6)1-2-4(7)8/h1-5,7-10,15,22H,6,11-14H2;1-2H,(H,5,6)(H,7,8)/b21-20+;2-1+. The molecule has 1 aliphatic heterocycles. The van der Waals surface area contributed by atoms with Crippen LogP contribution >= 0.6 is 11.8 Å². The first-order valence-corrected chi connectivity index (χ1v) is 11.2. The number of fused-ring (bicyclic) bond motifs is 1. The highest BCUT2D eigenvalue weighted by Crippen LogP contribution is 2.27. The number of nitrogens with one attached hydrogen (secondary N) is 1. The molecule has 1 aromatic heterocycles. The second-order valence-electron chi connectivity index (χ2n) is 6.95. The highest BCUT2D eigenvalue weighted by molar-refractivity contribution is 7.99. The van der Waals surface area contributed by atoms with Crippen molar-refractivity contribution in [3.8, 4) is 0 Å². The van der Waals surface area contributed by atoms with E-state index in [-0.39, 0.29) is 0 Å². The molecule has 0 bridgehead atoms. The summed E-state index contributed by atoms with van der Waals surface area (Å²) in [6.07, 6.45) is 5.51. The Kier molecular flexibility index (Phi) is 8.51. The minimum atomic E-state index is -1.26. The molecule has 4 rings (SSSR count). The maximum absolute atomic E-state index is 9.55. The smallest absolute Gasteiger partial charge is 0.328 e. The van der Waals surface area contributed by atoms with E-state index < -0.39 is 11.9 Å². The fourth-order valence-electron chi connectivity index (χ4n) is 3.35. The van der Waals surface area contributed by atoms with Crippen LogP contribution in [0, 0.1) is 0 Å². The zero-order valence-electron chi connectivity index (χ0n) is 17.5. The zero-order chi connectivity index (χ0) is 22.8. The quantitative estimate of drug-likeness (QED) is 0.274. The molecule has 0 unspecified atom stereocenters. The summed E-state index contributed by atoms with van der Waals surface area (Å²) < 4.78 is 0. The van der Waals surface area contributed by atoms with Gasteiger partial charge in [-0.3, -0.25) is 4.99 Å². The van der Waals surface area contributed by atoms with Gasteiger partial charge < -0.3 is 20.1 Å². The molecular weight excluding hydrogens is 426 g/mol. The third-order valence-electron chi connectivity index (χ3n) is 4.72. The lowest BCUT2D eigenvalue weighted by molar-refractivity contribution is -0.134. The first-order valence-electron chi connectivity index (χ1n) is 10.2. The number of aromatic nitrogens is 1. The molecule has 1 saturated heterocycles. The maximum atomic E-state index is 9.55. The first-order chi connectivity index (χ1) is 15.5. The third kappa shape index (κ3) is 6.75. The van der Waals surface area contributed by atoms with Crippen molar-refractivity contribution in [1.29, 1.82) is 0 Å². The largest absolute Gasteiger partial charge is 0.478 e. The van der Waals surface area contributed by atoms with E-state index in [2.05, 4.69) is 70.7 Å². The topological polar surface area (TPSA) is 106 Å². The van der Waals surface area contributed by atoms with Crippen molar-refractivity contribution in [2.45, 2.75) is 17.7 Å². The summed E-state index contributed by atoms with van der Waals surface area (Å²) in [6.45, 7) is 1.95. The second kappa shape index (κ2) is 11.8. The molecule has 1 fully saturated rings. The van der Waals surface area contributed by atoms with Crippen molar-refractivity contribution >= 4 is 46.1 Å². The van der Waals surface area contributed by atoms with Gasteiger partial charge in [-0.2, -0.15) is 0 Å². The number of anilines is 1. The normalized spacial score (nSPS) is 14.6. The van der Waals surface area contributed by atoms with E-state index in [0.29, 0.717) is 12.2 Å².